The average Bonchev–Trinajstić information content (AvgIpc) is 3.11. The van der Waals surface area contributed by atoms with Crippen molar-refractivity contribution in [3.8, 4) is 11.4 Å². The molecule has 0 radical (unpaired) electrons. The third kappa shape index (κ3) is 4.58. The van der Waals surface area contributed by atoms with Crippen molar-refractivity contribution in [3.63, 3.8) is 0 Å². The highest BCUT2D eigenvalue weighted by Crippen LogP contribution is 2.23. The molecular formula is C25H30N4O2. The molecular weight excluding hydrogens is 388 g/mol. The number of benzene rings is 2. The van der Waals surface area contributed by atoms with Gasteiger partial charge in [0.2, 0.25) is 5.91 Å². The number of anilines is 1. The predicted octanol–water partition coefficient (Wildman–Crippen LogP) is 3.78. The van der Waals surface area contributed by atoms with Crippen LogP contribution in [0.15, 0.2) is 54.6 Å². The van der Waals surface area contributed by atoms with Crippen LogP contribution < -0.4 is 9.64 Å². The summed E-state index contributed by atoms with van der Waals surface area (Å²) < 4.78 is 7.30. The number of ether oxygens (including phenoxy) is 1. The molecule has 2 heterocycles. The molecule has 1 aromatic heterocycles. The molecule has 0 saturated carbocycles. The molecule has 6 heteroatoms. The van der Waals surface area contributed by atoms with Crippen molar-refractivity contribution in [2.24, 2.45) is 0 Å². The molecule has 1 amide bonds. The van der Waals surface area contributed by atoms with Crippen molar-refractivity contribution in [1.82, 2.24) is 14.7 Å². The van der Waals surface area contributed by atoms with E-state index in [9.17, 15) is 4.79 Å². The normalized spacial score (nSPS) is 14.0. The zero-order valence-electron chi connectivity index (χ0n) is 18.5. The first-order valence-corrected chi connectivity index (χ1v) is 10.8. The molecule has 0 spiro atoms. The highest BCUT2D eigenvalue weighted by Gasteiger charge is 2.22. The molecule has 0 atom stereocenters. The summed E-state index contributed by atoms with van der Waals surface area (Å²) >= 11 is 0. The Hall–Kier alpha value is -3.28. The van der Waals surface area contributed by atoms with Gasteiger partial charge in [0.05, 0.1) is 18.5 Å². The van der Waals surface area contributed by atoms with Crippen LogP contribution in [-0.4, -0.2) is 53.9 Å². The zero-order valence-corrected chi connectivity index (χ0v) is 18.5. The zero-order chi connectivity index (χ0) is 21.8. The van der Waals surface area contributed by atoms with Gasteiger partial charge in [-0.2, -0.15) is 5.10 Å². The van der Waals surface area contributed by atoms with Crippen LogP contribution >= 0.6 is 0 Å². The fourth-order valence-electron chi connectivity index (χ4n) is 4.27. The molecule has 31 heavy (non-hydrogen) atoms. The van der Waals surface area contributed by atoms with Gasteiger partial charge >= 0.3 is 0 Å². The number of hydrogen-bond donors (Lipinski definition) is 0. The number of carbonyl (C=O) groups is 1. The second kappa shape index (κ2) is 9.25. The summed E-state index contributed by atoms with van der Waals surface area (Å²) in [6.45, 7) is 7.28. The Bertz CT molecular complexity index is 1040. The van der Waals surface area contributed by atoms with Crippen molar-refractivity contribution < 1.29 is 9.53 Å². The molecule has 0 aliphatic carbocycles. The summed E-state index contributed by atoms with van der Waals surface area (Å²) in [5.74, 6) is 1.08. The van der Waals surface area contributed by atoms with Gasteiger partial charge < -0.3 is 14.5 Å². The van der Waals surface area contributed by atoms with E-state index < -0.39 is 0 Å². The predicted molar refractivity (Wildman–Crippen MR) is 123 cm³/mol. The first-order valence-electron chi connectivity index (χ1n) is 10.8. The summed E-state index contributed by atoms with van der Waals surface area (Å²) in [4.78, 5) is 17.2. The maximum atomic E-state index is 12.9. The van der Waals surface area contributed by atoms with E-state index >= 15 is 0 Å². The molecule has 0 N–H and O–H groups in total. The number of para-hydroxylation sites is 1. The Morgan fingerprint density at radius 1 is 0.968 bits per heavy atom. The Balaban J connectivity index is 1.34. The number of hydrogen-bond acceptors (Lipinski definition) is 4. The number of amides is 1. The van der Waals surface area contributed by atoms with Gasteiger partial charge in [-0.1, -0.05) is 24.3 Å². The van der Waals surface area contributed by atoms with Gasteiger partial charge in [-0.15, -0.1) is 0 Å². The fraction of sp³-hybridized carbons (Fsp3) is 0.360. The summed E-state index contributed by atoms with van der Waals surface area (Å²) in [6, 6.07) is 18.2. The van der Waals surface area contributed by atoms with Gasteiger partial charge in [0.25, 0.3) is 0 Å². The number of piperazine rings is 1. The standard InChI is InChI=1S/C25H30N4O2/c1-19-24(20(2)29(26-19)21-8-5-4-6-9-21)12-13-25(30)28-16-14-27(15-17-28)22-10-7-11-23(18-22)31-3/h4-11,18H,12-17H2,1-3H3. The Labute approximate surface area is 184 Å². The maximum absolute atomic E-state index is 12.9. The number of aryl methyl sites for hydroxylation is 1. The largest absolute Gasteiger partial charge is 0.497 e. The molecule has 1 fully saturated rings. The summed E-state index contributed by atoms with van der Waals surface area (Å²) in [5, 5.41) is 4.70. The number of carbonyl (C=O) groups excluding carboxylic acids is 1. The van der Waals surface area contributed by atoms with Crippen molar-refractivity contribution >= 4 is 11.6 Å². The van der Waals surface area contributed by atoms with E-state index in [0.717, 1.165) is 61.1 Å². The lowest BCUT2D eigenvalue weighted by Crippen LogP contribution is -2.48. The molecule has 1 aliphatic rings. The molecule has 4 rings (SSSR count). The molecule has 0 bridgehead atoms. The lowest BCUT2D eigenvalue weighted by Gasteiger charge is -2.36. The number of nitrogens with zero attached hydrogens (tertiary/aromatic N) is 4. The number of methoxy groups -OCH3 is 1. The van der Waals surface area contributed by atoms with Crippen LogP contribution in [0.4, 0.5) is 5.69 Å². The smallest absolute Gasteiger partial charge is 0.223 e. The molecule has 6 nitrogen and oxygen atoms in total. The lowest BCUT2D eigenvalue weighted by molar-refractivity contribution is -0.131. The van der Waals surface area contributed by atoms with E-state index in [-0.39, 0.29) is 5.91 Å². The minimum Gasteiger partial charge on any atom is -0.497 e. The van der Waals surface area contributed by atoms with Crippen LogP contribution in [0.2, 0.25) is 0 Å². The van der Waals surface area contributed by atoms with Crippen LogP contribution in [0.5, 0.6) is 5.75 Å². The van der Waals surface area contributed by atoms with Gasteiger partial charge in [-0.05, 0) is 50.1 Å². The lowest BCUT2D eigenvalue weighted by atomic mass is 10.1. The SMILES string of the molecule is COc1cccc(N2CCN(C(=O)CCc3c(C)nn(-c4ccccc4)c3C)CC2)c1. The van der Waals surface area contributed by atoms with Crippen molar-refractivity contribution in [3.05, 3.63) is 71.5 Å². The first kappa shape index (κ1) is 21.0. The van der Waals surface area contributed by atoms with Crippen LogP contribution in [0.25, 0.3) is 5.69 Å². The fourth-order valence-corrected chi connectivity index (χ4v) is 4.27. The average molecular weight is 419 g/mol. The monoisotopic (exact) mass is 418 g/mol. The number of aromatic nitrogens is 2. The van der Waals surface area contributed by atoms with E-state index in [2.05, 4.69) is 30.0 Å². The molecule has 3 aromatic rings. The Morgan fingerprint density at radius 2 is 1.68 bits per heavy atom. The van der Waals surface area contributed by atoms with E-state index in [1.807, 2.05) is 52.9 Å². The van der Waals surface area contributed by atoms with Crippen LogP contribution in [-0.2, 0) is 11.2 Å². The summed E-state index contributed by atoms with van der Waals surface area (Å²) in [7, 11) is 1.68. The van der Waals surface area contributed by atoms with Gasteiger partial charge in [0.1, 0.15) is 5.75 Å². The highest BCUT2D eigenvalue weighted by molar-refractivity contribution is 5.77. The van der Waals surface area contributed by atoms with Crippen molar-refractivity contribution in [2.75, 3.05) is 38.2 Å². The van der Waals surface area contributed by atoms with Gasteiger partial charge in [-0.3, -0.25) is 4.79 Å². The second-order valence-corrected chi connectivity index (χ2v) is 7.97. The van der Waals surface area contributed by atoms with Gasteiger partial charge in [0, 0.05) is 50.0 Å². The minimum absolute atomic E-state index is 0.219. The Morgan fingerprint density at radius 3 is 2.39 bits per heavy atom. The van der Waals surface area contributed by atoms with Crippen molar-refractivity contribution in [2.45, 2.75) is 26.7 Å². The van der Waals surface area contributed by atoms with Gasteiger partial charge in [0.15, 0.2) is 0 Å². The topological polar surface area (TPSA) is 50.6 Å². The maximum Gasteiger partial charge on any atom is 0.223 e. The molecule has 162 valence electrons. The van der Waals surface area contributed by atoms with E-state index in [0.29, 0.717) is 6.42 Å². The molecule has 0 unspecified atom stereocenters. The van der Waals surface area contributed by atoms with Crippen LogP contribution in [0.1, 0.15) is 23.4 Å². The third-order valence-electron chi connectivity index (χ3n) is 6.08. The molecule has 1 saturated heterocycles. The van der Waals surface area contributed by atoms with Crippen LogP contribution in [0, 0.1) is 13.8 Å². The molecule has 1 aliphatic heterocycles. The highest BCUT2D eigenvalue weighted by atomic mass is 16.5. The quantitative estimate of drug-likeness (QED) is 0.611. The van der Waals surface area contributed by atoms with E-state index in [1.54, 1.807) is 7.11 Å². The minimum atomic E-state index is 0.219. The van der Waals surface area contributed by atoms with E-state index in [4.69, 9.17) is 9.84 Å². The summed E-state index contributed by atoms with van der Waals surface area (Å²) in [5.41, 5.74) is 5.48. The van der Waals surface area contributed by atoms with Crippen molar-refractivity contribution in [1.29, 1.82) is 0 Å². The second-order valence-electron chi connectivity index (χ2n) is 7.97. The number of rotatable bonds is 6. The third-order valence-corrected chi connectivity index (χ3v) is 6.08. The first-order chi connectivity index (χ1) is 15.1. The summed E-state index contributed by atoms with van der Waals surface area (Å²) in [6.07, 6.45) is 1.24. The van der Waals surface area contributed by atoms with E-state index in [1.165, 1.54) is 5.56 Å². The van der Waals surface area contributed by atoms with Crippen LogP contribution in [0.3, 0.4) is 0 Å². The Kier molecular flexibility index (Phi) is 6.26. The molecule has 2 aromatic carbocycles. The van der Waals surface area contributed by atoms with Gasteiger partial charge in [-0.25, -0.2) is 4.68 Å².